The number of ether oxygens (including phenoxy) is 1. The maximum atomic E-state index is 6.26. The molecule has 26 heavy (non-hydrogen) atoms. The molecule has 134 valence electrons. The minimum atomic E-state index is 0.165. The summed E-state index contributed by atoms with van der Waals surface area (Å²) in [5.74, 6) is 0.992. The van der Waals surface area contributed by atoms with Crippen molar-refractivity contribution in [1.82, 2.24) is 9.88 Å². The van der Waals surface area contributed by atoms with Crippen LogP contribution in [0.15, 0.2) is 60.8 Å². The van der Waals surface area contributed by atoms with Crippen LogP contribution in [0.3, 0.4) is 0 Å². The fourth-order valence-corrected chi connectivity index (χ4v) is 3.77. The maximum absolute atomic E-state index is 6.26. The molecule has 4 heteroatoms. The number of rotatable bonds is 5. The van der Waals surface area contributed by atoms with E-state index in [1.54, 1.807) is 0 Å². The molecular formula is C22H25N3O. The van der Waals surface area contributed by atoms with Gasteiger partial charge < -0.3 is 9.64 Å². The lowest BCUT2D eigenvalue weighted by molar-refractivity contribution is 0.140. The molecule has 0 spiro atoms. The van der Waals surface area contributed by atoms with E-state index < -0.39 is 0 Å². The summed E-state index contributed by atoms with van der Waals surface area (Å²) in [5.41, 5.74) is 3.55. The Morgan fingerprint density at radius 3 is 2.85 bits per heavy atom. The van der Waals surface area contributed by atoms with E-state index in [0.717, 1.165) is 37.4 Å². The van der Waals surface area contributed by atoms with Gasteiger partial charge in [0.2, 0.25) is 0 Å². The lowest BCUT2D eigenvalue weighted by atomic mass is 10.1. The Hall–Kier alpha value is -2.59. The number of para-hydroxylation sites is 3. The van der Waals surface area contributed by atoms with Crippen LogP contribution in [0.2, 0.25) is 0 Å². The van der Waals surface area contributed by atoms with Gasteiger partial charge >= 0.3 is 0 Å². The molecule has 4 nitrogen and oxygen atoms in total. The molecule has 1 aliphatic heterocycles. The third kappa shape index (κ3) is 3.37. The fraction of sp³-hybridized carbons (Fsp3) is 0.318. The summed E-state index contributed by atoms with van der Waals surface area (Å²) in [6.07, 6.45) is 2.03. The molecule has 2 aromatic carbocycles. The number of hydrogen-bond donors (Lipinski definition) is 0. The summed E-state index contributed by atoms with van der Waals surface area (Å²) in [4.78, 5) is 9.30. The molecule has 0 radical (unpaired) electrons. The van der Waals surface area contributed by atoms with Crippen LogP contribution in [0, 0.1) is 0 Å². The van der Waals surface area contributed by atoms with Crippen LogP contribution >= 0.6 is 0 Å². The Balaban J connectivity index is 1.47. The smallest absolute Gasteiger partial charge is 0.143 e. The molecule has 3 aromatic rings. The van der Waals surface area contributed by atoms with Crippen LogP contribution in [0.1, 0.15) is 12.5 Å². The fourth-order valence-electron chi connectivity index (χ4n) is 3.77. The topological polar surface area (TPSA) is 28.6 Å². The normalized spacial score (nSPS) is 16.6. The number of nitrogens with zero attached hydrogens (tertiary/aromatic N) is 3. The molecular weight excluding hydrogens is 322 g/mol. The summed E-state index contributed by atoms with van der Waals surface area (Å²) < 4.78 is 6.26. The summed E-state index contributed by atoms with van der Waals surface area (Å²) in [7, 11) is 2.15. The quantitative estimate of drug-likeness (QED) is 0.699. The Labute approximate surface area is 155 Å². The predicted molar refractivity (Wildman–Crippen MR) is 107 cm³/mol. The van der Waals surface area contributed by atoms with Gasteiger partial charge in [-0.1, -0.05) is 36.4 Å². The van der Waals surface area contributed by atoms with Gasteiger partial charge in [0, 0.05) is 31.2 Å². The van der Waals surface area contributed by atoms with Gasteiger partial charge in [-0.2, -0.15) is 0 Å². The van der Waals surface area contributed by atoms with Gasteiger partial charge in [-0.25, -0.2) is 0 Å². The zero-order valence-electron chi connectivity index (χ0n) is 15.4. The van der Waals surface area contributed by atoms with Gasteiger partial charge in [0.1, 0.15) is 11.9 Å². The lowest BCUT2D eigenvalue weighted by Crippen LogP contribution is -2.45. The molecule has 4 rings (SSSR count). The highest BCUT2D eigenvalue weighted by molar-refractivity contribution is 5.81. The summed E-state index contributed by atoms with van der Waals surface area (Å²) in [6, 6.07) is 18.8. The Bertz CT molecular complexity index is 890. The standard InChI is InChI=1S/C22H25N3O/c1-3-25-16-19(26-21-12-5-4-11-20(21)25)15-24(2)14-18-9-6-8-17-10-7-13-23-22(17)18/h4-13,19H,3,14-16H2,1-2H3/t19-/m1/s1. The van der Waals surface area contributed by atoms with E-state index in [0.29, 0.717) is 0 Å². The van der Waals surface area contributed by atoms with Crippen molar-refractivity contribution in [3.63, 3.8) is 0 Å². The molecule has 0 saturated carbocycles. The summed E-state index contributed by atoms with van der Waals surface area (Å²) >= 11 is 0. The van der Waals surface area contributed by atoms with E-state index in [2.05, 4.69) is 71.2 Å². The van der Waals surface area contributed by atoms with Crippen molar-refractivity contribution in [3.8, 4) is 5.75 Å². The van der Waals surface area contributed by atoms with Crippen LogP contribution < -0.4 is 9.64 Å². The predicted octanol–water partition coefficient (Wildman–Crippen LogP) is 3.95. The van der Waals surface area contributed by atoms with Crippen LogP contribution in [0.5, 0.6) is 5.75 Å². The number of pyridine rings is 1. The highest BCUT2D eigenvalue weighted by Gasteiger charge is 2.25. The van der Waals surface area contributed by atoms with E-state index in [1.807, 2.05) is 18.3 Å². The van der Waals surface area contributed by atoms with Crippen LogP contribution in [-0.2, 0) is 6.54 Å². The number of hydrogen-bond acceptors (Lipinski definition) is 4. The van der Waals surface area contributed by atoms with E-state index in [9.17, 15) is 0 Å². The number of benzene rings is 2. The molecule has 2 heterocycles. The van der Waals surface area contributed by atoms with Crippen molar-refractivity contribution < 1.29 is 4.74 Å². The van der Waals surface area contributed by atoms with E-state index in [1.165, 1.54) is 16.6 Å². The van der Waals surface area contributed by atoms with Crippen molar-refractivity contribution in [2.75, 3.05) is 31.6 Å². The first-order valence-corrected chi connectivity index (χ1v) is 9.26. The van der Waals surface area contributed by atoms with Crippen molar-refractivity contribution in [3.05, 3.63) is 66.4 Å². The Morgan fingerprint density at radius 1 is 1.12 bits per heavy atom. The molecule has 1 atom stereocenters. The van der Waals surface area contributed by atoms with Gasteiger partial charge in [0.25, 0.3) is 0 Å². The minimum absolute atomic E-state index is 0.165. The summed E-state index contributed by atoms with van der Waals surface area (Å²) in [6.45, 7) is 5.86. The van der Waals surface area contributed by atoms with Crippen molar-refractivity contribution in [2.24, 2.45) is 0 Å². The maximum Gasteiger partial charge on any atom is 0.143 e. The third-order valence-electron chi connectivity index (χ3n) is 4.98. The zero-order chi connectivity index (χ0) is 17.9. The van der Waals surface area contributed by atoms with Crippen LogP contribution in [0.4, 0.5) is 5.69 Å². The molecule has 0 saturated heterocycles. The second-order valence-electron chi connectivity index (χ2n) is 6.94. The minimum Gasteiger partial charge on any atom is -0.485 e. The van der Waals surface area contributed by atoms with Gasteiger partial charge in [-0.3, -0.25) is 9.88 Å². The molecule has 0 bridgehead atoms. The Kier molecular flexibility index (Phi) is 4.76. The largest absolute Gasteiger partial charge is 0.485 e. The van der Waals surface area contributed by atoms with Gasteiger partial charge in [0.05, 0.1) is 17.7 Å². The summed E-state index contributed by atoms with van der Waals surface area (Å²) in [5, 5.41) is 1.19. The zero-order valence-corrected chi connectivity index (χ0v) is 15.4. The van der Waals surface area contributed by atoms with Gasteiger partial charge in [-0.05, 0) is 37.7 Å². The first kappa shape index (κ1) is 16.9. The van der Waals surface area contributed by atoms with E-state index in [-0.39, 0.29) is 6.10 Å². The first-order chi connectivity index (χ1) is 12.7. The molecule has 0 N–H and O–H groups in total. The van der Waals surface area contributed by atoms with E-state index in [4.69, 9.17) is 4.74 Å². The molecule has 0 aliphatic carbocycles. The monoisotopic (exact) mass is 347 g/mol. The van der Waals surface area contributed by atoms with Crippen LogP contribution in [-0.4, -0.2) is 42.7 Å². The average Bonchev–Trinajstić information content (AvgIpc) is 2.67. The molecule has 0 unspecified atom stereocenters. The number of fused-ring (bicyclic) bond motifs is 2. The second kappa shape index (κ2) is 7.34. The van der Waals surface area contributed by atoms with Crippen molar-refractivity contribution >= 4 is 16.6 Å². The Morgan fingerprint density at radius 2 is 1.96 bits per heavy atom. The number of aromatic nitrogens is 1. The second-order valence-corrected chi connectivity index (χ2v) is 6.94. The number of anilines is 1. The molecule has 0 fully saturated rings. The SMILES string of the molecule is CCN1C[C@@H](CN(C)Cc2cccc3cccnc23)Oc2ccccc21. The highest BCUT2D eigenvalue weighted by atomic mass is 16.5. The first-order valence-electron chi connectivity index (χ1n) is 9.26. The van der Waals surface area contributed by atoms with E-state index >= 15 is 0 Å². The lowest BCUT2D eigenvalue weighted by Gasteiger charge is -2.37. The van der Waals surface area contributed by atoms with Gasteiger partial charge in [-0.15, -0.1) is 0 Å². The van der Waals surface area contributed by atoms with Crippen molar-refractivity contribution in [2.45, 2.75) is 19.6 Å². The van der Waals surface area contributed by atoms with Crippen LogP contribution in [0.25, 0.3) is 10.9 Å². The third-order valence-corrected chi connectivity index (χ3v) is 4.98. The number of likely N-dealkylation sites (N-methyl/N-ethyl adjacent to an activating group) is 2. The van der Waals surface area contributed by atoms with Gasteiger partial charge in [0.15, 0.2) is 0 Å². The molecule has 1 aromatic heterocycles. The van der Waals surface area contributed by atoms with Crippen molar-refractivity contribution in [1.29, 1.82) is 0 Å². The highest BCUT2D eigenvalue weighted by Crippen LogP contribution is 2.33. The molecule has 1 aliphatic rings. The molecule has 0 amide bonds. The average molecular weight is 347 g/mol.